The fourth-order valence-electron chi connectivity index (χ4n) is 5.68. The van der Waals surface area contributed by atoms with Crippen molar-refractivity contribution in [2.45, 2.75) is 81.5 Å². The van der Waals surface area contributed by atoms with Gasteiger partial charge in [0.05, 0.1) is 0 Å². The van der Waals surface area contributed by atoms with Gasteiger partial charge in [0, 0.05) is 0 Å². The number of aliphatic carboxylic acids is 2. The summed E-state index contributed by atoms with van der Waals surface area (Å²) in [5, 5.41) is 53.6. The zero-order valence-electron chi connectivity index (χ0n) is 20.5. The predicted octanol–water partition coefficient (Wildman–Crippen LogP) is -1.60. The Hall–Kier alpha value is -1.25. The predicted molar refractivity (Wildman–Crippen MR) is 133 cm³/mol. The lowest BCUT2D eigenvalue weighted by atomic mass is 9.78. The van der Waals surface area contributed by atoms with Gasteiger partial charge in [0.15, 0.2) is 0 Å². The zero-order chi connectivity index (χ0) is 26.8. The molecular weight excluding hydrogens is 458 g/mol. The van der Waals surface area contributed by atoms with Crippen molar-refractivity contribution in [1.82, 2.24) is 0 Å². The van der Waals surface area contributed by atoms with E-state index in [1.807, 2.05) is 0 Å². The maximum Gasteiger partial charge on any atom is 0.451 e. The SMILES string of the molecule is NCC[C@H]1C[C@H](CCCB(O)O)[C@](N)(C(=O)O)C1.NC[C@H]1C[C@H](CCCB(O)O)[C@](N)(C(=O)O)C1. The van der Waals surface area contributed by atoms with Crippen LogP contribution in [0.15, 0.2) is 0 Å². The van der Waals surface area contributed by atoms with Gasteiger partial charge in [-0.05, 0) is 94.3 Å². The molecule has 6 atom stereocenters. The summed E-state index contributed by atoms with van der Waals surface area (Å²) < 4.78 is 0. The van der Waals surface area contributed by atoms with Gasteiger partial charge in [0.2, 0.25) is 0 Å². The summed E-state index contributed by atoms with van der Waals surface area (Å²) >= 11 is 0. The number of rotatable bonds is 13. The van der Waals surface area contributed by atoms with Crippen molar-refractivity contribution in [1.29, 1.82) is 0 Å². The number of hydrogen-bond donors (Lipinski definition) is 10. The molecule has 35 heavy (non-hydrogen) atoms. The molecule has 202 valence electrons. The standard InChI is InChI=1S/C11H23BN2O4.C10H21BN2O4/c13-5-3-8-6-9(2-1-4-12(17)18)11(14,7-8)10(15)16;12-6-7-4-8(2-1-3-11(16)17)10(13,5-7)9(14)15/h8-9,17-18H,1-7,13-14H2,(H,15,16);7-8,16-17H,1-6,12-13H2,(H,14,15)/t8-,9-,11-;7-,8-,10-/m00/s1. The first-order valence-electron chi connectivity index (χ1n) is 12.5. The topological polar surface area (TPSA) is 260 Å². The summed E-state index contributed by atoms with van der Waals surface area (Å²) in [5.74, 6) is -1.77. The van der Waals surface area contributed by atoms with Gasteiger partial charge >= 0.3 is 26.2 Å². The van der Waals surface area contributed by atoms with Crippen LogP contribution in [0.25, 0.3) is 0 Å². The molecule has 12 nitrogen and oxygen atoms in total. The maximum absolute atomic E-state index is 11.3. The minimum Gasteiger partial charge on any atom is -0.480 e. The van der Waals surface area contributed by atoms with Gasteiger partial charge in [-0.3, -0.25) is 9.59 Å². The van der Waals surface area contributed by atoms with Gasteiger partial charge in [0.1, 0.15) is 11.1 Å². The normalized spacial score (nSPS) is 32.1. The van der Waals surface area contributed by atoms with E-state index in [4.69, 9.17) is 43.0 Å². The molecule has 0 aliphatic heterocycles. The van der Waals surface area contributed by atoms with Gasteiger partial charge in [0.25, 0.3) is 0 Å². The molecule has 0 radical (unpaired) electrons. The van der Waals surface area contributed by atoms with Crippen LogP contribution < -0.4 is 22.9 Å². The van der Waals surface area contributed by atoms with Crippen molar-refractivity contribution in [3.8, 4) is 0 Å². The molecule has 0 amide bonds. The first kappa shape index (κ1) is 31.8. The summed E-state index contributed by atoms with van der Waals surface area (Å²) in [6.45, 7) is 0.994. The van der Waals surface area contributed by atoms with Gasteiger partial charge < -0.3 is 53.2 Å². The van der Waals surface area contributed by atoms with Crippen molar-refractivity contribution < 1.29 is 39.9 Å². The molecule has 2 fully saturated rings. The van der Waals surface area contributed by atoms with Crippen LogP contribution in [0, 0.1) is 23.7 Å². The Labute approximate surface area is 207 Å². The molecule has 0 saturated heterocycles. The second-order valence-electron chi connectivity index (χ2n) is 10.3. The highest BCUT2D eigenvalue weighted by atomic mass is 16.4. The van der Waals surface area contributed by atoms with Gasteiger partial charge in [-0.15, -0.1) is 0 Å². The van der Waals surface area contributed by atoms with Crippen LogP contribution in [0.5, 0.6) is 0 Å². The van der Waals surface area contributed by atoms with E-state index in [1.165, 1.54) is 0 Å². The highest BCUT2D eigenvalue weighted by Gasteiger charge is 2.50. The number of carbonyl (C=O) groups is 2. The van der Waals surface area contributed by atoms with E-state index in [0.717, 1.165) is 12.8 Å². The van der Waals surface area contributed by atoms with E-state index in [9.17, 15) is 19.8 Å². The van der Waals surface area contributed by atoms with Crippen LogP contribution in [0.1, 0.15) is 57.8 Å². The Morgan fingerprint density at radius 1 is 0.743 bits per heavy atom. The van der Waals surface area contributed by atoms with E-state index in [1.54, 1.807) is 0 Å². The van der Waals surface area contributed by atoms with Crippen molar-refractivity contribution >= 4 is 26.2 Å². The summed E-state index contributed by atoms with van der Waals surface area (Å²) in [6, 6.07) is 0. The minimum atomic E-state index is -1.33. The van der Waals surface area contributed by atoms with E-state index in [2.05, 4.69) is 0 Å². The third-order valence-electron chi connectivity index (χ3n) is 7.68. The molecule has 2 saturated carbocycles. The minimum absolute atomic E-state index is 0.106. The van der Waals surface area contributed by atoms with E-state index >= 15 is 0 Å². The highest BCUT2D eigenvalue weighted by Crippen LogP contribution is 2.43. The Balaban J connectivity index is 0.000000351. The number of carboxylic acids is 2. The van der Waals surface area contributed by atoms with Crippen molar-refractivity contribution in [3.63, 3.8) is 0 Å². The number of nitrogens with two attached hydrogens (primary N) is 4. The molecule has 2 aliphatic carbocycles. The van der Waals surface area contributed by atoms with Gasteiger partial charge in [-0.2, -0.15) is 0 Å². The molecule has 0 bridgehead atoms. The second-order valence-corrected chi connectivity index (χ2v) is 10.3. The average Bonchev–Trinajstić information content (AvgIpc) is 3.26. The van der Waals surface area contributed by atoms with Crippen LogP contribution in [-0.4, -0.2) is 80.7 Å². The molecule has 2 aliphatic rings. The molecule has 0 unspecified atom stereocenters. The van der Waals surface area contributed by atoms with Gasteiger partial charge in [-0.1, -0.05) is 12.8 Å². The first-order valence-corrected chi connectivity index (χ1v) is 12.5. The third kappa shape index (κ3) is 9.29. The quantitative estimate of drug-likeness (QED) is 0.128. The lowest BCUT2D eigenvalue weighted by molar-refractivity contribution is -0.145. The third-order valence-corrected chi connectivity index (χ3v) is 7.68. The van der Waals surface area contributed by atoms with Crippen molar-refractivity contribution in [3.05, 3.63) is 0 Å². The fraction of sp³-hybridized carbons (Fsp3) is 0.905. The molecule has 2 rings (SSSR count). The van der Waals surface area contributed by atoms with Gasteiger partial charge in [-0.25, -0.2) is 0 Å². The second kappa shape index (κ2) is 14.5. The maximum atomic E-state index is 11.3. The van der Waals surface area contributed by atoms with Crippen molar-refractivity contribution in [2.24, 2.45) is 46.6 Å². The smallest absolute Gasteiger partial charge is 0.451 e. The largest absolute Gasteiger partial charge is 0.480 e. The molecule has 14 N–H and O–H groups in total. The van der Waals surface area contributed by atoms with Crippen LogP contribution in [0.3, 0.4) is 0 Å². The monoisotopic (exact) mass is 502 g/mol. The fourth-order valence-corrected chi connectivity index (χ4v) is 5.68. The molecule has 0 spiro atoms. The van der Waals surface area contributed by atoms with E-state index in [0.29, 0.717) is 58.0 Å². The molecule has 0 aromatic heterocycles. The van der Waals surface area contributed by atoms with Crippen LogP contribution in [0.2, 0.25) is 12.6 Å². The molecule has 0 heterocycles. The Kier molecular flexibility index (Phi) is 13.1. The highest BCUT2D eigenvalue weighted by molar-refractivity contribution is 6.41. The molecular formula is C21H44B2N4O8. The van der Waals surface area contributed by atoms with Crippen LogP contribution in [0.4, 0.5) is 0 Å². The molecule has 0 aromatic rings. The van der Waals surface area contributed by atoms with E-state index < -0.39 is 37.3 Å². The van der Waals surface area contributed by atoms with Crippen LogP contribution in [-0.2, 0) is 9.59 Å². The average molecular weight is 502 g/mol. The summed E-state index contributed by atoms with van der Waals surface area (Å²) in [6.07, 6.45) is 5.99. The van der Waals surface area contributed by atoms with Crippen molar-refractivity contribution in [2.75, 3.05) is 13.1 Å². The lowest BCUT2D eigenvalue weighted by Crippen LogP contribution is -2.51. The molecule has 14 heteroatoms. The summed E-state index contributed by atoms with van der Waals surface area (Å²) in [7, 11) is -2.66. The Morgan fingerprint density at radius 2 is 1.14 bits per heavy atom. The Morgan fingerprint density at radius 3 is 1.49 bits per heavy atom. The van der Waals surface area contributed by atoms with Crippen LogP contribution >= 0.6 is 0 Å². The van der Waals surface area contributed by atoms with E-state index in [-0.39, 0.29) is 36.3 Å². The Bertz CT molecular complexity index is 677. The lowest BCUT2D eigenvalue weighted by Gasteiger charge is -2.26. The zero-order valence-corrected chi connectivity index (χ0v) is 20.5. The molecule has 0 aromatic carbocycles. The summed E-state index contributed by atoms with van der Waals surface area (Å²) in [4.78, 5) is 22.6. The first-order chi connectivity index (χ1) is 16.3. The number of carboxylic acid groups (broad SMARTS) is 2. The summed E-state index contributed by atoms with van der Waals surface area (Å²) in [5.41, 5.74) is 20.7. The number of hydrogen-bond acceptors (Lipinski definition) is 10.